The smallest absolute Gasteiger partial charge is 0.319 e. The molecule has 1 heterocycles. The lowest BCUT2D eigenvalue weighted by molar-refractivity contribution is -0.276. The fourth-order valence-electron chi connectivity index (χ4n) is 5.98. The monoisotopic (exact) mass is 657 g/mol. The van der Waals surface area contributed by atoms with Crippen molar-refractivity contribution in [2.24, 2.45) is 5.92 Å². The van der Waals surface area contributed by atoms with Crippen molar-refractivity contribution in [1.82, 2.24) is 10.2 Å². The van der Waals surface area contributed by atoms with Crippen molar-refractivity contribution in [1.29, 1.82) is 0 Å². The van der Waals surface area contributed by atoms with Crippen LogP contribution >= 0.6 is 0 Å². The first-order valence-corrected chi connectivity index (χ1v) is 16.6. The van der Waals surface area contributed by atoms with Crippen LogP contribution in [0.2, 0.25) is 0 Å². The fraction of sp³-hybridized carbons (Fsp3) is 0.244. The molecule has 0 spiro atoms. The minimum atomic E-state index is -0.562. The fourth-order valence-corrected chi connectivity index (χ4v) is 5.98. The molecule has 5 aromatic rings. The zero-order chi connectivity index (χ0) is 34.0. The number of nitrogens with one attached hydrogen (secondary N) is 2. The van der Waals surface area contributed by atoms with Gasteiger partial charge in [-0.15, -0.1) is 0 Å². The number of para-hydroxylation sites is 1. The number of carbonyl (C=O) groups is 1. The summed E-state index contributed by atoms with van der Waals surface area (Å²) in [6.45, 7) is 4.09. The van der Waals surface area contributed by atoms with Gasteiger partial charge in [0.2, 0.25) is 0 Å². The largest absolute Gasteiger partial charge is 0.457 e. The highest BCUT2D eigenvalue weighted by Gasteiger charge is 2.38. The number of urea groups is 1. The lowest BCUT2D eigenvalue weighted by Crippen LogP contribution is -2.43. The Balaban J connectivity index is 1.07. The van der Waals surface area contributed by atoms with Crippen LogP contribution in [-0.2, 0) is 29.2 Å². The molecule has 1 saturated heterocycles. The number of hydrogen-bond acceptors (Lipinski definition) is 6. The first kappa shape index (κ1) is 33.9. The van der Waals surface area contributed by atoms with E-state index in [4.69, 9.17) is 14.2 Å². The Hall–Kier alpha value is -4.99. The number of aliphatic hydroxyl groups is 1. The van der Waals surface area contributed by atoms with Gasteiger partial charge >= 0.3 is 6.03 Å². The molecule has 0 bridgehead atoms. The maximum atomic E-state index is 12.6. The van der Waals surface area contributed by atoms with E-state index in [1.165, 1.54) is 5.56 Å². The molecule has 0 saturated carbocycles. The van der Waals surface area contributed by atoms with Gasteiger partial charge in [0.25, 0.3) is 0 Å². The molecule has 5 aromatic carbocycles. The molecule has 0 aliphatic carbocycles. The average Bonchev–Trinajstić information content (AvgIpc) is 3.13. The van der Waals surface area contributed by atoms with Gasteiger partial charge in [-0.3, -0.25) is 4.90 Å². The van der Waals surface area contributed by atoms with Crippen LogP contribution in [0.1, 0.15) is 47.1 Å². The molecule has 1 aliphatic heterocycles. The van der Waals surface area contributed by atoms with E-state index in [9.17, 15) is 9.90 Å². The van der Waals surface area contributed by atoms with Gasteiger partial charge in [-0.05, 0) is 65.7 Å². The van der Waals surface area contributed by atoms with Crippen LogP contribution in [0.5, 0.6) is 11.5 Å². The van der Waals surface area contributed by atoms with Gasteiger partial charge in [0, 0.05) is 36.8 Å². The number of rotatable bonds is 12. The number of benzene rings is 5. The summed E-state index contributed by atoms with van der Waals surface area (Å²) in [7, 11) is 2.12. The summed E-state index contributed by atoms with van der Waals surface area (Å²) < 4.78 is 19.1. The van der Waals surface area contributed by atoms with Crippen LogP contribution < -0.4 is 15.4 Å². The van der Waals surface area contributed by atoms with Crippen LogP contribution in [0.15, 0.2) is 133 Å². The zero-order valence-electron chi connectivity index (χ0n) is 27.9. The normalized spacial score (nSPS) is 18.9. The maximum absolute atomic E-state index is 12.6. The highest BCUT2D eigenvalue weighted by Crippen LogP contribution is 2.42. The Kier molecular flexibility index (Phi) is 11.4. The summed E-state index contributed by atoms with van der Waals surface area (Å²) in [5, 5.41) is 15.4. The van der Waals surface area contributed by atoms with E-state index >= 15 is 0 Å². The van der Waals surface area contributed by atoms with Crippen LogP contribution in [0.4, 0.5) is 10.5 Å². The first-order chi connectivity index (χ1) is 23.9. The van der Waals surface area contributed by atoms with E-state index in [1.54, 1.807) is 12.1 Å². The molecule has 2 amide bonds. The molecule has 49 heavy (non-hydrogen) atoms. The Bertz CT molecular complexity index is 1750. The number of ether oxygens (including phenoxy) is 3. The van der Waals surface area contributed by atoms with E-state index in [-0.39, 0.29) is 30.8 Å². The van der Waals surface area contributed by atoms with Gasteiger partial charge in [-0.25, -0.2) is 4.79 Å². The number of hydrogen-bond donors (Lipinski definition) is 3. The number of likely N-dealkylation sites (N-methyl/N-ethyl adjacent to an activating group) is 1. The van der Waals surface area contributed by atoms with Gasteiger partial charge in [0.15, 0.2) is 6.29 Å². The van der Waals surface area contributed by atoms with E-state index in [1.807, 2.05) is 97.1 Å². The average molecular weight is 658 g/mol. The van der Waals surface area contributed by atoms with Gasteiger partial charge in [-0.1, -0.05) is 104 Å². The summed E-state index contributed by atoms with van der Waals surface area (Å²) in [4.78, 5) is 14.9. The first-order valence-electron chi connectivity index (χ1n) is 16.6. The predicted octanol–water partition coefficient (Wildman–Crippen LogP) is 8.22. The molecule has 8 nitrogen and oxygen atoms in total. The number of nitrogens with zero attached hydrogens (tertiary/aromatic N) is 1. The number of aliphatic hydroxyl groups excluding tert-OH is 1. The second-order valence-electron chi connectivity index (χ2n) is 12.5. The molecule has 3 N–H and O–H groups in total. The lowest BCUT2D eigenvalue weighted by atomic mass is 9.90. The topological polar surface area (TPSA) is 92.3 Å². The molecule has 252 valence electrons. The maximum Gasteiger partial charge on any atom is 0.319 e. The van der Waals surface area contributed by atoms with Gasteiger partial charge < -0.3 is 30.0 Å². The highest BCUT2D eigenvalue weighted by atomic mass is 16.7. The summed E-state index contributed by atoms with van der Waals surface area (Å²) in [6.07, 6.45) is -0.836. The van der Waals surface area contributed by atoms with Crippen molar-refractivity contribution in [2.75, 3.05) is 18.9 Å². The molecule has 4 unspecified atom stereocenters. The summed E-state index contributed by atoms with van der Waals surface area (Å²) >= 11 is 0. The highest BCUT2D eigenvalue weighted by molar-refractivity contribution is 5.89. The minimum Gasteiger partial charge on any atom is -0.457 e. The number of amides is 2. The molecule has 6 rings (SSSR count). The molecule has 1 aliphatic rings. The quantitative estimate of drug-likeness (QED) is 0.125. The van der Waals surface area contributed by atoms with E-state index in [2.05, 4.69) is 53.8 Å². The number of carbonyl (C=O) groups excluding carboxylic acids is 1. The predicted molar refractivity (Wildman–Crippen MR) is 191 cm³/mol. The van der Waals surface area contributed by atoms with E-state index in [0.29, 0.717) is 18.0 Å². The SMILES string of the molecule is CC1C(CN(C)Cc2ccccc2)OC(c2ccc(CNC(=O)Nc3ccc(Oc4ccccc4)cc3)cc2)OC1c1ccc(CO)cc1. The van der Waals surface area contributed by atoms with Crippen LogP contribution in [0, 0.1) is 5.92 Å². The Morgan fingerprint density at radius 3 is 2.02 bits per heavy atom. The Labute approximate surface area is 288 Å². The van der Waals surface area contributed by atoms with Crippen molar-refractivity contribution in [3.8, 4) is 11.5 Å². The van der Waals surface area contributed by atoms with E-state index < -0.39 is 6.29 Å². The third-order valence-electron chi connectivity index (χ3n) is 8.71. The van der Waals surface area contributed by atoms with Crippen molar-refractivity contribution in [3.63, 3.8) is 0 Å². The van der Waals surface area contributed by atoms with Crippen molar-refractivity contribution >= 4 is 11.7 Å². The summed E-state index contributed by atoms with van der Waals surface area (Å²) in [6, 6.07) is 42.8. The third kappa shape index (κ3) is 9.34. The third-order valence-corrected chi connectivity index (χ3v) is 8.71. The Morgan fingerprint density at radius 2 is 1.35 bits per heavy atom. The van der Waals surface area contributed by atoms with Crippen LogP contribution in [-0.4, -0.2) is 35.7 Å². The van der Waals surface area contributed by atoms with Crippen LogP contribution in [0.25, 0.3) is 0 Å². The van der Waals surface area contributed by atoms with Crippen molar-refractivity contribution in [2.45, 2.75) is 45.1 Å². The van der Waals surface area contributed by atoms with Gasteiger partial charge in [0.1, 0.15) is 11.5 Å². The van der Waals surface area contributed by atoms with Crippen LogP contribution in [0.3, 0.4) is 0 Å². The van der Waals surface area contributed by atoms with Gasteiger partial charge in [0.05, 0.1) is 18.8 Å². The molecule has 0 aromatic heterocycles. The second kappa shape index (κ2) is 16.4. The molecule has 8 heteroatoms. The molecular weight excluding hydrogens is 614 g/mol. The lowest BCUT2D eigenvalue weighted by Gasteiger charge is -2.42. The molecule has 0 radical (unpaired) electrons. The molecule has 4 atom stereocenters. The molecule has 1 fully saturated rings. The standard InChI is InChI=1S/C41H43N3O5/c1-29-38(27-44(2)26-31-9-5-3-6-10-31)48-40(49-39(29)33-17-15-32(28-45)16-18-33)34-19-13-30(14-20-34)25-42-41(46)43-35-21-23-37(24-22-35)47-36-11-7-4-8-12-36/h3-24,29,38-40,45H,25-28H2,1-2H3,(H2,42,43,46). The molecular formula is C41H43N3O5. The van der Waals surface area contributed by atoms with Crippen molar-refractivity contribution < 1.29 is 24.1 Å². The van der Waals surface area contributed by atoms with Gasteiger partial charge in [-0.2, -0.15) is 0 Å². The van der Waals surface area contributed by atoms with Crippen molar-refractivity contribution in [3.05, 3.63) is 161 Å². The van der Waals surface area contributed by atoms with E-state index in [0.717, 1.165) is 41.1 Å². The Morgan fingerprint density at radius 1 is 0.735 bits per heavy atom. The zero-order valence-corrected chi connectivity index (χ0v) is 27.9. The minimum absolute atomic E-state index is 0.000575. The number of anilines is 1. The summed E-state index contributed by atoms with van der Waals surface area (Å²) in [5.74, 6) is 1.53. The second-order valence-corrected chi connectivity index (χ2v) is 12.5. The summed E-state index contributed by atoms with van der Waals surface area (Å²) in [5.41, 5.74) is 5.69.